The molecule has 0 bridgehead atoms. The quantitative estimate of drug-likeness (QED) is 0.861. The number of carbonyl (C=O) groups is 1. The van der Waals surface area contributed by atoms with Crippen molar-refractivity contribution in [3.8, 4) is 0 Å². The van der Waals surface area contributed by atoms with Gasteiger partial charge < -0.3 is 5.73 Å². The third-order valence-electron chi connectivity index (χ3n) is 3.62. The molecule has 4 heteroatoms. The first-order valence-electron chi connectivity index (χ1n) is 6.48. The van der Waals surface area contributed by atoms with Crippen LogP contribution in [0.1, 0.15) is 38.2 Å². The second-order valence-corrected chi connectivity index (χ2v) is 4.96. The lowest BCUT2D eigenvalue weighted by atomic mass is 9.82. The lowest BCUT2D eigenvalue weighted by Gasteiger charge is -2.24. The van der Waals surface area contributed by atoms with E-state index in [4.69, 9.17) is 5.73 Å². The van der Waals surface area contributed by atoms with Gasteiger partial charge in [0.1, 0.15) is 5.78 Å². The van der Waals surface area contributed by atoms with E-state index in [2.05, 4.69) is 5.10 Å². The van der Waals surface area contributed by atoms with Crippen LogP contribution in [0.5, 0.6) is 0 Å². The Bertz CT molecular complexity index is 378. The summed E-state index contributed by atoms with van der Waals surface area (Å²) in [5.74, 6) is 0.576. The van der Waals surface area contributed by atoms with Crippen LogP contribution in [0.4, 0.5) is 0 Å². The Labute approximate surface area is 102 Å². The Hall–Kier alpha value is -1.16. The van der Waals surface area contributed by atoms with Gasteiger partial charge in [0.05, 0.1) is 6.20 Å². The molecule has 0 unspecified atom stereocenters. The van der Waals surface area contributed by atoms with E-state index in [1.165, 1.54) is 0 Å². The molecule has 1 heterocycles. The first-order chi connectivity index (χ1) is 8.19. The van der Waals surface area contributed by atoms with E-state index in [0.29, 0.717) is 18.2 Å². The van der Waals surface area contributed by atoms with Crippen LogP contribution in [0.25, 0.3) is 0 Å². The SMILES string of the molecule is CCn1cc(CC(=O)C2CCC(N)CC2)cn1. The van der Waals surface area contributed by atoms with E-state index in [1.54, 1.807) is 6.20 Å². The summed E-state index contributed by atoms with van der Waals surface area (Å²) < 4.78 is 1.86. The highest BCUT2D eigenvalue weighted by Gasteiger charge is 2.24. The third-order valence-corrected chi connectivity index (χ3v) is 3.62. The smallest absolute Gasteiger partial charge is 0.140 e. The Morgan fingerprint density at radius 1 is 1.47 bits per heavy atom. The summed E-state index contributed by atoms with van der Waals surface area (Å²) in [6.45, 7) is 2.90. The normalized spacial score (nSPS) is 24.8. The van der Waals surface area contributed by atoms with Crippen LogP contribution in [-0.4, -0.2) is 21.6 Å². The van der Waals surface area contributed by atoms with Gasteiger partial charge >= 0.3 is 0 Å². The van der Waals surface area contributed by atoms with Crippen LogP contribution in [-0.2, 0) is 17.8 Å². The number of hydrogen-bond donors (Lipinski definition) is 1. The highest BCUT2D eigenvalue weighted by Crippen LogP contribution is 2.24. The molecule has 0 aromatic carbocycles. The molecular formula is C13H21N3O. The van der Waals surface area contributed by atoms with Crippen LogP contribution >= 0.6 is 0 Å². The summed E-state index contributed by atoms with van der Waals surface area (Å²) in [5.41, 5.74) is 6.88. The van der Waals surface area contributed by atoms with Crippen molar-refractivity contribution in [2.45, 2.75) is 51.6 Å². The highest BCUT2D eigenvalue weighted by molar-refractivity contribution is 5.83. The van der Waals surface area contributed by atoms with Crippen molar-refractivity contribution < 1.29 is 4.79 Å². The summed E-state index contributed by atoms with van der Waals surface area (Å²) in [5, 5.41) is 4.19. The van der Waals surface area contributed by atoms with Gasteiger partial charge in [-0.05, 0) is 38.2 Å². The van der Waals surface area contributed by atoms with Gasteiger partial charge in [-0.2, -0.15) is 5.10 Å². The summed E-state index contributed by atoms with van der Waals surface area (Å²) in [6.07, 6.45) is 8.20. The Balaban J connectivity index is 1.88. The number of aromatic nitrogens is 2. The maximum Gasteiger partial charge on any atom is 0.140 e. The second-order valence-electron chi connectivity index (χ2n) is 4.96. The zero-order chi connectivity index (χ0) is 12.3. The fourth-order valence-electron chi connectivity index (χ4n) is 2.46. The van der Waals surface area contributed by atoms with Gasteiger partial charge in [0.25, 0.3) is 0 Å². The number of hydrogen-bond acceptors (Lipinski definition) is 3. The molecule has 1 aliphatic rings. The molecule has 0 spiro atoms. The van der Waals surface area contributed by atoms with Crippen LogP contribution in [0.2, 0.25) is 0 Å². The molecule has 2 N–H and O–H groups in total. The standard InChI is InChI=1S/C13H21N3O/c1-2-16-9-10(8-15-16)7-13(17)11-3-5-12(14)6-4-11/h8-9,11-12H,2-7,14H2,1H3. The van der Waals surface area contributed by atoms with Crippen molar-refractivity contribution in [1.82, 2.24) is 9.78 Å². The maximum atomic E-state index is 12.1. The van der Waals surface area contributed by atoms with Crippen LogP contribution in [0, 0.1) is 5.92 Å². The average molecular weight is 235 g/mol. The minimum atomic E-state index is 0.222. The third kappa shape index (κ3) is 3.16. The molecule has 0 radical (unpaired) electrons. The summed E-state index contributed by atoms with van der Waals surface area (Å²) in [6, 6.07) is 0.307. The monoisotopic (exact) mass is 235 g/mol. The first kappa shape index (κ1) is 12.3. The van der Waals surface area contributed by atoms with Crippen molar-refractivity contribution >= 4 is 5.78 Å². The van der Waals surface area contributed by atoms with Crippen LogP contribution < -0.4 is 5.73 Å². The number of rotatable bonds is 4. The van der Waals surface area contributed by atoms with E-state index < -0.39 is 0 Å². The number of ketones is 1. The topological polar surface area (TPSA) is 60.9 Å². The van der Waals surface area contributed by atoms with Crippen molar-refractivity contribution in [3.05, 3.63) is 18.0 Å². The van der Waals surface area contributed by atoms with Crippen molar-refractivity contribution in [3.63, 3.8) is 0 Å². The van der Waals surface area contributed by atoms with Gasteiger partial charge in [0.2, 0.25) is 0 Å². The van der Waals surface area contributed by atoms with Crippen LogP contribution in [0.15, 0.2) is 12.4 Å². The molecule has 1 aromatic rings. The number of aryl methyl sites for hydroxylation is 1. The fourth-order valence-corrected chi connectivity index (χ4v) is 2.46. The van der Waals surface area contributed by atoms with E-state index in [-0.39, 0.29) is 5.92 Å². The number of Topliss-reactive ketones (excluding diaryl/α,β-unsaturated/α-hetero) is 1. The Morgan fingerprint density at radius 2 is 2.18 bits per heavy atom. The van der Waals surface area contributed by atoms with Crippen LogP contribution in [0.3, 0.4) is 0 Å². The Kier molecular flexibility index (Phi) is 3.94. The molecule has 0 amide bonds. The fraction of sp³-hybridized carbons (Fsp3) is 0.692. The minimum absolute atomic E-state index is 0.222. The van der Waals surface area contributed by atoms with E-state index in [9.17, 15) is 4.79 Å². The summed E-state index contributed by atoms with van der Waals surface area (Å²) >= 11 is 0. The first-order valence-corrected chi connectivity index (χ1v) is 6.48. The molecule has 17 heavy (non-hydrogen) atoms. The number of nitrogens with two attached hydrogens (primary N) is 1. The van der Waals surface area contributed by atoms with Crippen molar-refractivity contribution in [2.75, 3.05) is 0 Å². The molecule has 0 aliphatic heterocycles. The molecule has 2 rings (SSSR count). The maximum absolute atomic E-state index is 12.1. The van der Waals surface area contributed by atoms with Crippen molar-refractivity contribution in [1.29, 1.82) is 0 Å². The summed E-state index contributed by atoms with van der Waals surface area (Å²) in [4.78, 5) is 12.1. The van der Waals surface area contributed by atoms with E-state index >= 15 is 0 Å². The van der Waals surface area contributed by atoms with Gasteiger partial charge in [-0.25, -0.2) is 0 Å². The molecular weight excluding hydrogens is 214 g/mol. The lowest BCUT2D eigenvalue weighted by molar-refractivity contribution is -0.123. The molecule has 1 aromatic heterocycles. The van der Waals surface area contributed by atoms with E-state index in [0.717, 1.165) is 37.8 Å². The minimum Gasteiger partial charge on any atom is -0.328 e. The van der Waals surface area contributed by atoms with E-state index in [1.807, 2.05) is 17.8 Å². The predicted octanol–water partition coefficient (Wildman–Crippen LogP) is 1.53. The number of carbonyl (C=O) groups excluding carboxylic acids is 1. The molecule has 4 nitrogen and oxygen atoms in total. The molecule has 0 saturated heterocycles. The predicted molar refractivity (Wildman–Crippen MR) is 66.5 cm³/mol. The molecule has 1 saturated carbocycles. The Morgan fingerprint density at radius 3 is 2.76 bits per heavy atom. The lowest BCUT2D eigenvalue weighted by Crippen LogP contribution is -2.30. The van der Waals surface area contributed by atoms with Gasteiger partial charge in [0, 0.05) is 31.1 Å². The molecule has 1 fully saturated rings. The van der Waals surface area contributed by atoms with Gasteiger partial charge in [-0.3, -0.25) is 9.48 Å². The van der Waals surface area contributed by atoms with Gasteiger partial charge in [0.15, 0.2) is 0 Å². The summed E-state index contributed by atoms with van der Waals surface area (Å²) in [7, 11) is 0. The average Bonchev–Trinajstić information content (AvgIpc) is 2.77. The zero-order valence-corrected chi connectivity index (χ0v) is 10.4. The molecule has 1 aliphatic carbocycles. The van der Waals surface area contributed by atoms with Crippen molar-refractivity contribution in [2.24, 2.45) is 11.7 Å². The second kappa shape index (κ2) is 5.45. The van der Waals surface area contributed by atoms with Gasteiger partial charge in [-0.15, -0.1) is 0 Å². The largest absolute Gasteiger partial charge is 0.328 e. The number of nitrogens with zero attached hydrogens (tertiary/aromatic N) is 2. The van der Waals surface area contributed by atoms with Gasteiger partial charge in [-0.1, -0.05) is 0 Å². The highest BCUT2D eigenvalue weighted by atomic mass is 16.1. The zero-order valence-electron chi connectivity index (χ0n) is 10.4. The molecule has 94 valence electrons. The molecule has 0 atom stereocenters.